The number of carbonyl (C=O) groups excluding carboxylic acids is 1. The molecule has 0 aliphatic carbocycles. The summed E-state index contributed by atoms with van der Waals surface area (Å²) in [5, 5.41) is 0. The van der Waals surface area contributed by atoms with Gasteiger partial charge < -0.3 is 32.6 Å². The van der Waals surface area contributed by atoms with Gasteiger partial charge in [0.2, 0.25) is 0 Å². The summed E-state index contributed by atoms with van der Waals surface area (Å²) in [6, 6.07) is 14.7. The van der Waals surface area contributed by atoms with Gasteiger partial charge in [0.25, 0.3) is 0 Å². The van der Waals surface area contributed by atoms with Crippen molar-refractivity contribution in [2.24, 2.45) is 0 Å². The highest BCUT2D eigenvalue weighted by Gasteiger charge is 2.52. The second kappa shape index (κ2) is 15.8. The number of hydrogen-bond acceptors (Lipinski definition) is 8. The summed E-state index contributed by atoms with van der Waals surface area (Å²) in [4.78, 5) is 14.0. The molecule has 0 atom stereocenters. The molecule has 0 fully saturated rings. The van der Waals surface area contributed by atoms with Crippen LogP contribution in [0.2, 0.25) is 0 Å². The molecule has 0 radical (unpaired) electrons. The van der Waals surface area contributed by atoms with E-state index in [-0.39, 0.29) is 37.7 Å². The minimum absolute atomic E-state index is 0.0226. The first kappa shape index (κ1) is 46.5. The molecule has 314 valence electrons. The van der Waals surface area contributed by atoms with E-state index in [1.54, 1.807) is 138 Å². The summed E-state index contributed by atoms with van der Waals surface area (Å²) in [6.45, 7) is 32.9. The van der Waals surface area contributed by atoms with E-state index in [9.17, 15) is 18.0 Å². The summed E-state index contributed by atoms with van der Waals surface area (Å²) >= 11 is 0. The molecule has 0 bridgehead atoms. The van der Waals surface area contributed by atoms with Crippen LogP contribution in [0.25, 0.3) is 0 Å². The van der Waals surface area contributed by atoms with Crippen LogP contribution in [0.5, 0.6) is 34.5 Å². The Labute approximate surface area is 334 Å². The standard InChI is InChI=1S/C44H63F3O8S/c1-38(2,3)49-28-24-31(51-40(7,8)9)35(32(25-28)52-41(10,11)12)56(30-22-20-19-21-23-30,55-37(48)44(45,46)47)36-33(53-42(13,14)15)26-29(50-39(4,5)6)27-34(36)54-43(16,17)18/h19-27H,1-18H3. The Morgan fingerprint density at radius 2 is 0.714 bits per heavy atom. The third-order valence-electron chi connectivity index (χ3n) is 6.58. The van der Waals surface area contributed by atoms with Crippen LogP contribution in [-0.2, 0) is 8.98 Å². The van der Waals surface area contributed by atoms with Crippen LogP contribution in [0.15, 0.2) is 69.3 Å². The maximum absolute atomic E-state index is 14.9. The highest BCUT2D eigenvalue weighted by Crippen LogP contribution is 2.78. The maximum Gasteiger partial charge on any atom is 0.491 e. The molecule has 3 rings (SSSR count). The molecule has 0 spiro atoms. The quantitative estimate of drug-likeness (QED) is 0.200. The number of alkyl halides is 3. The van der Waals surface area contributed by atoms with Gasteiger partial charge in [0.1, 0.15) is 77.9 Å². The zero-order chi connectivity index (χ0) is 43.1. The first-order valence-corrected chi connectivity index (χ1v) is 20.2. The molecule has 0 aromatic heterocycles. The molecule has 0 unspecified atom stereocenters. The molecule has 0 saturated heterocycles. The molecule has 3 aromatic rings. The van der Waals surface area contributed by atoms with Gasteiger partial charge in [0.15, 0.2) is 0 Å². The van der Waals surface area contributed by atoms with Gasteiger partial charge in [-0.1, -0.05) is 18.2 Å². The highest BCUT2D eigenvalue weighted by molar-refractivity contribution is 8.30. The third kappa shape index (κ3) is 13.3. The molecule has 0 saturated carbocycles. The van der Waals surface area contributed by atoms with E-state index in [4.69, 9.17) is 32.6 Å². The molecule has 0 amide bonds. The molecule has 0 aliphatic rings. The largest absolute Gasteiger partial charge is 0.491 e. The van der Waals surface area contributed by atoms with Crippen molar-refractivity contribution in [3.8, 4) is 34.5 Å². The van der Waals surface area contributed by atoms with E-state index in [0.717, 1.165) is 0 Å². The summed E-state index contributed by atoms with van der Waals surface area (Å²) in [5.41, 5.74) is -5.10. The van der Waals surface area contributed by atoms with Crippen LogP contribution in [0.3, 0.4) is 0 Å². The van der Waals surface area contributed by atoms with Gasteiger partial charge in [0, 0.05) is 39.5 Å². The molecule has 0 aliphatic heterocycles. The molecule has 0 N–H and O–H groups in total. The van der Waals surface area contributed by atoms with Crippen molar-refractivity contribution in [2.45, 2.75) is 179 Å². The topological polar surface area (TPSA) is 81.7 Å². The van der Waals surface area contributed by atoms with Gasteiger partial charge in [-0.2, -0.15) is 13.2 Å². The molecular weight excluding hydrogens is 746 g/mol. The van der Waals surface area contributed by atoms with Crippen molar-refractivity contribution in [3.05, 3.63) is 54.6 Å². The Morgan fingerprint density at radius 3 is 0.946 bits per heavy atom. The van der Waals surface area contributed by atoms with E-state index < -0.39 is 56.1 Å². The lowest BCUT2D eigenvalue weighted by atomic mass is 10.1. The van der Waals surface area contributed by atoms with Crippen molar-refractivity contribution in [1.29, 1.82) is 0 Å². The molecular formula is C44H63F3O8S. The number of benzene rings is 3. The number of carbonyl (C=O) groups is 1. The number of halogens is 3. The third-order valence-corrected chi connectivity index (χ3v) is 9.88. The zero-order valence-corrected chi connectivity index (χ0v) is 37.3. The second-order valence-corrected chi connectivity index (χ2v) is 22.1. The summed E-state index contributed by atoms with van der Waals surface area (Å²) in [6.07, 6.45) is -5.43. The Morgan fingerprint density at radius 1 is 0.446 bits per heavy atom. The Balaban J connectivity index is 2.94. The monoisotopic (exact) mass is 808 g/mol. The van der Waals surface area contributed by atoms with Gasteiger partial charge in [0.05, 0.1) is 0 Å². The van der Waals surface area contributed by atoms with Gasteiger partial charge in [-0.15, -0.1) is 0 Å². The van der Waals surface area contributed by atoms with Gasteiger partial charge >= 0.3 is 12.1 Å². The molecule has 56 heavy (non-hydrogen) atoms. The van der Waals surface area contributed by atoms with E-state index in [1.807, 2.05) is 41.5 Å². The van der Waals surface area contributed by atoms with Gasteiger partial charge in [-0.05, 0) is 137 Å². The van der Waals surface area contributed by atoms with Crippen LogP contribution < -0.4 is 28.4 Å². The van der Waals surface area contributed by atoms with Crippen LogP contribution in [-0.4, -0.2) is 45.8 Å². The lowest BCUT2D eigenvalue weighted by Gasteiger charge is -2.44. The van der Waals surface area contributed by atoms with E-state index in [1.165, 1.54) is 0 Å². The highest BCUT2D eigenvalue weighted by atomic mass is 32.3. The van der Waals surface area contributed by atoms with Crippen LogP contribution in [0.1, 0.15) is 125 Å². The molecule has 8 nitrogen and oxygen atoms in total. The van der Waals surface area contributed by atoms with Crippen LogP contribution >= 0.6 is 10.3 Å². The molecule has 0 heterocycles. The van der Waals surface area contributed by atoms with E-state index >= 15 is 0 Å². The first-order valence-electron chi connectivity index (χ1n) is 18.7. The summed E-state index contributed by atoms with van der Waals surface area (Å²) in [7, 11) is -4.03. The minimum atomic E-state index is -5.43. The van der Waals surface area contributed by atoms with Crippen molar-refractivity contribution >= 4 is 16.3 Å². The molecule has 12 heteroatoms. The average Bonchev–Trinajstić information content (AvgIpc) is 2.91. The summed E-state index contributed by atoms with van der Waals surface area (Å²) in [5.74, 6) is -1.56. The van der Waals surface area contributed by atoms with Gasteiger partial charge in [-0.25, -0.2) is 4.79 Å². The molecule has 3 aromatic carbocycles. The van der Waals surface area contributed by atoms with Crippen molar-refractivity contribution in [1.82, 2.24) is 0 Å². The SMILES string of the molecule is CC(C)(C)Oc1cc(OC(C)(C)C)c(S(OC(=O)C(F)(F)F)(c2ccccc2)c2c(OC(C)(C)C)cc(OC(C)(C)C)cc2OC(C)(C)C)c(OC(C)(C)C)c1. The maximum atomic E-state index is 14.9. The number of ether oxygens (including phenoxy) is 6. The minimum Gasteiger partial charge on any atom is -0.488 e. The van der Waals surface area contributed by atoms with E-state index in [2.05, 4.69) is 0 Å². The van der Waals surface area contributed by atoms with Crippen LogP contribution in [0.4, 0.5) is 13.2 Å². The smallest absolute Gasteiger partial charge is 0.488 e. The lowest BCUT2D eigenvalue weighted by molar-refractivity contribution is -0.188. The fraction of sp³-hybridized carbons (Fsp3) is 0.568. The normalized spacial score (nSPS) is 13.8. The summed E-state index contributed by atoms with van der Waals surface area (Å²) < 4.78 is 90.4. The number of rotatable bonds is 10. The Kier molecular flexibility index (Phi) is 13.1. The number of hydrogen-bond donors (Lipinski definition) is 0. The Bertz CT molecular complexity index is 1660. The lowest BCUT2D eigenvalue weighted by Crippen LogP contribution is -2.31. The van der Waals surface area contributed by atoms with Crippen LogP contribution in [0, 0.1) is 0 Å². The first-order chi connectivity index (χ1) is 25.0. The predicted molar refractivity (Wildman–Crippen MR) is 216 cm³/mol. The van der Waals surface area contributed by atoms with Crippen molar-refractivity contribution in [3.63, 3.8) is 0 Å². The van der Waals surface area contributed by atoms with Crippen molar-refractivity contribution in [2.75, 3.05) is 0 Å². The predicted octanol–water partition coefficient (Wildman–Crippen LogP) is 13.1. The van der Waals surface area contributed by atoms with Gasteiger partial charge in [-0.3, -0.25) is 0 Å². The zero-order valence-electron chi connectivity index (χ0n) is 36.5. The fourth-order valence-corrected chi connectivity index (χ4v) is 8.70. The van der Waals surface area contributed by atoms with E-state index in [0.29, 0.717) is 11.5 Å². The average molecular weight is 809 g/mol. The Hall–Kier alpha value is -3.93. The second-order valence-electron chi connectivity index (χ2n) is 19.5. The fourth-order valence-electron chi connectivity index (χ4n) is 5.36. The van der Waals surface area contributed by atoms with Crippen molar-refractivity contribution < 1.29 is 50.6 Å².